The van der Waals surface area contributed by atoms with E-state index in [1.807, 2.05) is 0 Å². The molecular formula is C14H18N2O4. The Morgan fingerprint density at radius 2 is 2.05 bits per heavy atom. The van der Waals surface area contributed by atoms with Crippen molar-refractivity contribution in [3.63, 3.8) is 0 Å². The molecule has 2 N–H and O–H groups in total. The van der Waals surface area contributed by atoms with Crippen LogP contribution in [0.15, 0.2) is 18.2 Å². The van der Waals surface area contributed by atoms with Crippen LogP contribution in [-0.2, 0) is 16.1 Å². The second-order valence-electron chi connectivity index (χ2n) is 4.64. The number of nitrogens with two attached hydrogens (primary N) is 1. The number of carbonyl (C=O) groups excluding carboxylic acids is 2. The van der Waals surface area contributed by atoms with Gasteiger partial charge in [0.15, 0.2) is 0 Å². The van der Waals surface area contributed by atoms with E-state index in [0.29, 0.717) is 24.3 Å². The van der Waals surface area contributed by atoms with E-state index >= 15 is 0 Å². The minimum Gasteiger partial charge on any atom is -0.497 e. The van der Waals surface area contributed by atoms with E-state index in [2.05, 4.69) is 0 Å². The van der Waals surface area contributed by atoms with Crippen LogP contribution in [-0.4, -0.2) is 37.0 Å². The molecule has 1 atom stereocenters. The van der Waals surface area contributed by atoms with Crippen LogP contribution in [0.1, 0.15) is 18.4 Å². The Labute approximate surface area is 117 Å². The van der Waals surface area contributed by atoms with Gasteiger partial charge in [0.25, 0.3) is 0 Å². The Kier molecular flexibility index (Phi) is 4.24. The molecular weight excluding hydrogens is 260 g/mol. The number of carbonyl (C=O) groups is 2. The van der Waals surface area contributed by atoms with Crippen LogP contribution in [0.5, 0.6) is 11.5 Å². The molecule has 1 aliphatic heterocycles. The fourth-order valence-electron chi connectivity index (χ4n) is 2.18. The Hall–Kier alpha value is -2.08. The Morgan fingerprint density at radius 1 is 1.30 bits per heavy atom. The summed E-state index contributed by atoms with van der Waals surface area (Å²) in [6.07, 6.45) is 0.708. The van der Waals surface area contributed by atoms with Gasteiger partial charge in [0.1, 0.15) is 11.5 Å². The van der Waals surface area contributed by atoms with Gasteiger partial charge in [0.05, 0.1) is 26.8 Å². The minimum atomic E-state index is -0.600. The molecule has 0 aromatic heterocycles. The zero-order valence-electron chi connectivity index (χ0n) is 11.6. The molecule has 20 heavy (non-hydrogen) atoms. The number of ether oxygens (including phenoxy) is 2. The van der Waals surface area contributed by atoms with Crippen molar-refractivity contribution in [1.82, 2.24) is 4.90 Å². The summed E-state index contributed by atoms with van der Waals surface area (Å²) in [6, 6.07) is 4.65. The summed E-state index contributed by atoms with van der Waals surface area (Å²) in [6.45, 7) is 0.165. The molecule has 0 bridgehead atoms. The van der Waals surface area contributed by atoms with Gasteiger partial charge in [0.2, 0.25) is 11.8 Å². The summed E-state index contributed by atoms with van der Waals surface area (Å²) in [4.78, 5) is 25.0. The molecule has 6 nitrogen and oxygen atoms in total. The van der Waals surface area contributed by atoms with Gasteiger partial charge >= 0.3 is 0 Å². The highest BCUT2D eigenvalue weighted by molar-refractivity contribution is 6.00. The number of nitrogens with zero attached hydrogens (tertiary/aromatic N) is 1. The number of rotatable bonds is 4. The third-order valence-electron chi connectivity index (χ3n) is 3.38. The zero-order chi connectivity index (χ0) is 14.7. The largest absolute Gasteiger partial charge is 0.497 e. The SMILES string of the molecule is COc1ccc(CN2C(=O)CCC(N)C2=O)c(OC)c1. The van der Waals surface area contributed by atoms with Crippen molar-refractivity contribution in [2.75, 3.05) is 14.2 Å². The number of hydrogen-bond donors (Lipinski definition) is 1. The fraction of sp³-hybridized carbons (Fsp3) is 0.429. The van der Waals surface area contributed by atoms with Gasteiger partial charge in [-0.15, -0.1) is 0 Å². The first-order chi connectivity index (χ1) is 9.56. The first-order valence-electron chi connectivity index (χ1n) is 6.37. The van der Waals surface area contributed by atoms with Crippen molar-refractivity contribution in [1.29, 1.82) is 0 Å². The van der Waals surface area contributed by atoms with Crippen LogP contribution >= 0.6 is 0 Å². The van der Waals surface area contributed by atoms with Crippen LogP contribution in [0.3, 0.4) is 0 Å². The average Bonchev–Trinajstić information content (AvgIpc) is 2.47. The van der Waals surface area contributed by atoms with Crippen LogP contribution in [0, 0.1) is 0 Å². The van der Waals surface area contributed by atoms with Crippen molar-refractivity contribution < 1.29 is 19.1 Å². The lowest BCUT2D eigenvalue weighted by Gasteiger charge is -2.29. The van der Waals surface area contributed by atoms with Crippen LogP contribution < -0.4 is 15.2 Å². The van der Waals surface area contributed by atoms with Gasteiger partial charge < -0.3 is 15.2 Å². The first kappa shape index (κ1) is 14.3. The van der Waals surface area contributed by atoms with Gasteiger partial charge in [0, 0.05) is 18.1 Å². The summed E-state index contributed by atoms with van der Waals surface area (Å²) >= 11 is 0. The van der Waals surface area contributed by atoms with Crippen LogP contribution in [0.2, 0.25) is 0 Å². The van der Waals surface area contributed by atoms with Gasteiger partial charge in [-0.1, -0.05) is 0 Å². The van der Waals surface area contributed by atoms with Crippen molar-refractivity contribution in [2.45, 2.75) is 25.4 Å². The summed E-state index contributed by atoms with van der Waals surface area (Å²) < 4.78 is 10.4. The highest BCUT2D eigenvalue weighted by atomic mass is 16.5. The van der Waals surface area contributed by atoms with Gasteiger partial charge in [-0.3, -0.25) is 14.5 Å². The first-order valence-corrected chi connectivity index (χ1v) is 6.37. The van der Waals surface area contributed by atoms with E-state index in [0.717, 1.165) is 5.56 Å². The van der Waals surface area contributed by atoms with Crippen molar-refractivity contribution in [3.8, 4) is 11.5 Å². The van der Waals surface area contributed by atoms with Crippen molar-refractivity contribution in [2.24, 2.45) is 5.73 Å². The number of hydrogen-bond acceptors (Lipinski definition) is 5. The summed E-state index contributed by atoms with van der Waals surface area (Å²) in [5.74, 6) is 0.691. The highest BCUT2D eigenvalue weighted by Crippen LogP contribution is 2.27. The van der Waals surface area contributed by atoms with E-state index < -0.39 is 6.04 Å². The van der Waals surface area contributed by atoms with E-state index in [9.17, 15) is 9.59 Å². The van der Waals surface area contributed by atoms with Crippen molar-refractivity contribution in [3.05, 3.63) is 23.8 Å². The molecule has 1 aromatic rings. The lowest BCUT2D eigenvalue weighted by Crippen LogP contribution is -2.50. The molecule has 0 spiro atoms. The summed E-state index contributed by atoms with van der Waals surface area (Å²) in [5.41, 5.74) is 6.45. The molecule has 1 unspecified atom stereocenters. The van der Waals surface area contributed by atoms with Crippen LogP contribution in [0.25, 0.3) is 0 Å². The summed E-state index contributed by atoms with van der Waals surface area (Å²) in [5, 5.41) is 0. The molecule has 0 saturated carbocycles. The molecule has 1 aliphatic rings. The monoisotopic (exact) mass is 278 g/mol. The van der Waals surface area contributed by atoms with Gasteiger partial charge in [-0.25, -0.2) is 0 Å². The topological polar surface area (TPSA) is 81.9 Å². The Balaban J connectivity index is 2.24. The lowest BCUT2D eigenvalue weighted by molar-refractivity contribution is -0.149. The highest BCUT2D eigenvalue weighted by Gasteiger charge is 2.32. The standard InChI is InChI=1S/C14H18N2O4/c1-19-10-4-3-9(12(7-10)20-2)8-16-13(17)6-5-11(15)14(16)18/h3-4,7,11H,5-6,8,15H2,1-2H3. The van der Waals surface area contributed by atoms with Crippen LogP contribution in [0.4, 0.5) is 0 Å². The van der Waals surface area contributed by atoms with Gasteiger partial charge in [-0.2, -0.15) is 0 Å². The summed E-state index contributed by atoms with van der Waals surface area (Å²) in [7, 11) is 3.09. The second-order valence-corrected chi connectivity index (χ2v) is 4.64. The van der Waals surface area contributed by atoms with Gasteiger partial charge in [-0.05, 0) is 18.6 Å². The maximum absolute atomic E-state index is 12.0. The predicted molar refractivity (Wildman–Crippen MR) is 72.3 cm³/mol. The normalized spacial score (nSPS) is 19.1. The number of piperidine rings is 1. The predicted octanol–water partition coefficient (Wildman–Crippen LogP) is 0.680. The third-order valence-corrected chi connectivity index (χ3v) is 3.38. The molecule has 1 fully saturated rings. The molecule has 108 valence electrons. The molecule has 1 saturated heterocycles. The molecule has 1 aromatic carbocycles. The van der Waals surface area contributed by atoms with E-state index in [1.54, 1.807) is 25.3 Å². The number of methoxy groups -OCH3 is 2. The smallest absolute Gasteiger partial charge is 0.246 e. The van der Waals surface area contributed by atoms with Crippen molar-refractivity contribution >= 4 is 11.8 Å². The molecule has 6 heteroatoms. The third kappa shape index (κ3) is 2.75. The molecule has 0 radical (unpaired) electrons. The quantitative estimate of drug-likeness (QED) is 0.819. The number of benzene rings is 1. The number of likely N-dealkylation sites (tertiary alicyclic amines) is 1. The molecule has 1 heterocycles. The minimum absolute atomic E-state index is 0.165. The zero-order valence-corrected chi connectivity index (χ0v) is 11.6. The van der Waals surface area contributed by atoms with E-state index in [-0.39, 0.29) is 18.4 Å². The van der Waals surface area contributed by atoms with E-state index in [1.165, 1.54) is 12.0 Å². The fourth-order valence-corrected chi connectivity index (χ4v) is 2.18. The number of amides is 2. The molecule has 2 amide bonds. The molecule has 2 rings (SSSR count). The average molecular weight is 278 g/mol. The Morgan fingerprint density at radius 3 is 2.70 bits per heavy atom. The number of imide groups is 1. The Bertz CT molecular complexity index is 530. The lowest BCUT2D eigenvalue weighted by atomic mass is 10.0. The maximum atomic E-state index is 12.0. The second kappa shape index (κ2) is 5.92. The maximum Gasteiger partial charge on any atom is 0.246 e. The van der Waals surface area contributed by atoms with E-state index in [4.69, 9.17) is 15.2 Å². The molecule has 0 aliphatic carbocycles.